The van der Waals surface area contributed by atoms with Crippen molar-refractivity contribution in [3.05, 3.63) is 30.6 Å². The Hall–Kier alpha value is -0.480. The van der Waals surface area contributed by atoms with Gasteiger partial charge in [0.05, 0.1) is 11.0 Å². The van der Waals surface area contributed by atoms with Crippen LogP contribution in [0, 0.1) is 0 Å². The zero-order valence-corrected chi connectivity index (χ0v) is 12.2. The van der Waals surface area contributed by atoms with E-state index in [1.165, 1.54) is 37.0 Å². The van der Waals surface area contributed by atoms with Crippen LogP contribution in [0.15, 0.2) is 30.6 Å². The number of rotatable bonds is 7. The lowest BCUT2D eigenvalue weighted by Crippen LogP contribution is -1.88. The summed E-state index contributed by atoms with van der Waals surface area (Å²) in [5.74, 6) is 1.17. The summed E-state index contributed by atoms with van der Waals surface area (Å²) in [6.45, 7) is 0. The zero-order valence-electron chi connectivity index (χ0n) is 9.81. The summed E-state index contributed by atoms with van der Waals surface area (Å²) in [4.78, 5) is 4.38. The minimum atomic E-state index is 1.08. The number of imidazole rings is 1. The van der Waals surface area contributed by atoms with Crippen LogP contribution in [0.5, 0.6) is 0 Å². The molecule has 0 aliphatic rings. The summed E-state index contributed by atoms with van der Waals surface area (Å²) in [7, 11) is 0. The van der Waals surface area contributed by atoms with E-state index >= 15 is 0 Å². The number of benzene rings is 1. The highest BCUT2D eigenvalue weighted by atomic mass is 79.9. The van der Waals surface area contributed by atoms with E-state index in [0.29, 0.717) is 0 Å². The van der Waals surface area contributed by atoms with E-state index < -0.39 is 0 Å². The molecular weight excluding hydrogens is 296 g/mol. The summed E-state index contributed by atoms with van der Waals surface area (Å²) in [5.41, 5.74) is 2.30. The Morgan fingerprint density at radius 2 is 1.94 bits per heavy atom. The first kappa shape index (κ1) is 13.0. The predicted molar refractivity (Wildman–Crippen MR) is 79.9 cm³/mol. The Balaban J connectivity index is 1.79. The molecule has 0 saturated carbocycles. The molecule has 0 bridgehead atoms. The zero-order chi connectivity index (χ0) is 11.9. The molecule has 17 heavy (non-hydrogen) atoms. The molecule has 0 saturated heterocycles. The van der Waals surface area contributed by atoms with Gasteiger partial charge >= 0.3 is 0 Å². The van der Waals surface area contributed by atoms with Crippen molar-refractivity contribution in [1.82, 2.24) is 8.96 Å². The van der Waals surface area contributed by atoms with Crippen LogP contribution in [0.3, 0.4) is 0 Å². The van der Waals surface area contributed by atoms with Crippen LogP contribution in [0.1, 0.15) is 25.7 Å². The second kappa shape index (κ2) is 7.07. The van der Waals surface area contributed by atoms with Gasteiger partial charge in [-0.3, -0.25) is 3.97 Å². The molecule has 0 N–H and O–H groups in total. The average Bonchev–Trinajstić information content (AvgIpc) is 2.77. The predicted octanol–water partition coefficient (Wildman–Crippen LogP) is 4.49. The number of aromatic nitrogens is 2. The van der Waals surface area contributed by atoms with Crippen LogP contribution in [0.25, 0.3) is 11.0 Å². The molecule has 2 aromatic rings. The van der Waals surface area contributed by atoms with Crippen molar-refractivity contribution in [2.75, 3.05) is 11.1 Å². The highest BCUT2D eigenvalue weighted by molar-refractivity contribution is 9.09. The maximum atomic E-state index is 4.38. The van der Waals surface area contributed by atoms with E-state index in [4.69, 9.17) is 0 Å². The Morgan fingerprint density at radius 1 is 1.12 bits per heavy atom. The lowest BCUT2D eigenvalue weighted by Gasteiger charge is -2.03. The summed E-state index contributed by atoms with van der Waals surface area (Å²) >= 11 is 5.32. The first-order valence-corrected chi connectivity index (χ1v) is 8.09. The third kappa shape index (κ3) is 3.75. The van der Waals surface area contributed by atoms with Crippen molar-refractivity contribution in [1.29, 1.82) is 0 Å². The van der Waals surface area contributed by atoms with E-state index in [-0.39, 0.29) is 0 Å². The molecule has 0 fully saturated rings. The Morgan fingerprint density at radius 3 is 2.82 bits per heavy atom. The molecule has 1 aromatic heterocycles. The fourth-order valence-corrected chi connectivity index (χ4v) is 3.09. The minimum Gasteiger partial charge on any atom is -0.272 e. The van der Waals surface area contributed by atoms with E-state index in [1.807, 2.05) is 24.3 Å². The lowest BCUT2D eigenvalue weighted by molar-refractivity contribution is 0.712. The highest BCUT2D eigenvalue weighted by Crippen LogP contribution is 2.19. The second-order valence-corrected chi connectivity index (χ2v) is 5.85. The summed E-state index contributed by atoms with van der Waals surface area (Å²) in [5, 5.41) is 1.13. The molecule has 0 aliphatic carbocycles. The molecule has 0 aliphatic heterocycles. The number of para-hydroxylation sites is 2. The van der Waals surface area contributed by atoms with E-state index in [1.54, 1.807) is 0 Å². The molecular formula is C13H17BrN2S. The summed E-state index contributed by atoms with van der Waals surface area (Å²) in [6.07, 6.45) is 7.15. The van der Waals surface area contributed by atoms with Crippen LogP contribution in [0.4, 0.5) is 0 Å². The van der Waals surface area contributed by atoms with Gasteiger partial charge in [-0.05, 0) is 36.9 Å². The van der Waals surface area contributed by atoms with Gasteiger partial charge in [0.1, 0.15) is 6.33 Å². The normalized spacial score (nSPS) is 11.1. The quantitative estimate of drug-likeness (QED) is 0.554. The highest BCUT2D eigenvalue weighted by Gasteiger charge is 2.01. The fourth-order valence-electron chi connectivity index (χ4n) is 1.75. The molecule has 0 spiro atoms. The largest absolute Gasteiger partial charge is 0.272 e. The van der Waals surface area contributed by atoms with Gasteiger partial charge in [0, 0.05) is 11.1 Å². The number of hydrogen-bond donors (Lipinski definition) is 0. The van der Waals surface area contributed by atoms with Gasteiger partial charge in [0.25, 0.3) is 0 Å². The fraction of sp³-hybridized carbons (Fsp3) is 0.462. The van der Waals surface area contributed by atoms with Crippen molar-refractivity contribution >= 4 is 38.9 Å². The van der Waals surface area contributed by atoms with Gasteiger partial charge in [-0.1, -0.05) is 40.9 Å². The van der Waals surface area contributed by atoms with E-state index in [9.17, 15) is 0 Å². The Kier molecular flexibility index (Phi) is 5.39. The second-order valence-electron chi connectivity index (χ2n) is 4.00. The number of fused-ring (bicyclic) bond motifs is 1. The van der Waals surface area contributed by atoms with Crippen molar-refractivity contribution in [3.8, 4) is 0 Å². The maximum absolute atomic E-state index is 4.38. The van der Waals surface area contributed by atoms with Crippen LogP contribution >= 0.6 is 27.9 Å². The number of unbranched alkanes of at least 4 members (excludes halogenated alkanes) is 3. The SMILES string of the molecule is BrCCCCCCSn1cnc2ccccc21. The van der Waals surface area contributed by atoms with Gasteiger partial charge in [-0.15, -0.1) is 0 Å². The molecule has 1 aromatic carbocycles. The smallest absolute Gasteiger partial charge is 0.106 e. The van der Waals surface area contributed by atoms with Gasteiger partial charge in [-0.25, -0.2) is 4.98 Å². The van der Waals surface area contributed by atoms with E-state index in [2.05, 4.69) is 43.1 Å². The molecule has 0 unspecified atom stereocenters. The van der Waals surface area contributed by atoms with Crippen molar-refractivity contribution in [3.63, 3.8) is 0 Å². The van der Waals surface area contributed by atoms with Crippen molar-refractivity contribution in [2.45, 2.75) is 25.7 Å². The molecule has 0 atom stereocenters. The standard InChI is InChI=1S/C13H17BrN2S/c14-9-5-1-2-6-10-17-16-11-15-12-7-3-4-8-13(12)16/h3-4,7-8,11H,1-2,5-6,9-10H2. The number of hydrogen-bond acceptors (Lipinski definition) is 2. The van der Waals surface area contributed by atoms with Crippen molar-refractivity contribution in [2.24, 2.45) is 0 Å². The number of nitrogens with zero attached hydrogens (tertiary/aromatic N) is 2. The molecule has 4 heteroatoms. The molecule has 0 amide bonds. The van der Waals surface area contributed by atoms with Crippen molar-refractivity contribution < 1.29 is 0 Å². The number of alkyl halides is 1. The van der Waals surface area contributed by atoms with Gasteiger partial charge in [0.2, 0.25) is 0 Å². The van der Waals surface area contributed by atoms with E-state index in [0.717, 1.165) is 10.8 Å². The van der Waals surface area contributed by atoms with Crippen LogP contribution in [-0.2, 0) is 0 Å². The first-order valence-electron chi connectivity index (χ1n) is 6.03. The minimum absolute atomic E-state index is 1.08. The topological polar surface area (TPSA) is 17.8 Å². The molecule has 0 radical (unpaired) electrons. The van der Waals surface area contributed by atoms with Crippen LogP contribution < -0.4 is 0 Å². The average molecular weight is 313 g/mol. The maximum Gasteiger partial charge on any atom is 0.106 e. The summed E-state index contributed by atoms with van der Waals surface area (Å²) in [6, 6.07) is 8.28. The third-order valence-corrected chi connectivity index (χ3v) is 4.28. The molecule has 2 rings (SSSR count). The molecule has 2 nitrogen and oxygen atoms in total. The summed E-state index contributed by atoms with van der Waals surface area (Å²) < 4.78 is 2.18. The first-order chi connectivity index (χ1) is 8.42. The molecule has 92 valence electrons. The van der Waals surface area contributed by atoms with Crippen LogP contribution in [0.2, 0.25) is 0 Å². The van der Waals surface area contributed by atoms with Gasteiger partial charge < -0.3 is 0 Å². The Labute approximate surface area is 115 Å². The monoisotopic (exact) mass is 312 g/mol. The van der Waals surface area contributed by atoms with Gasteiger partial charge in [-0.2, -0.15) is 0 Å². The number of halogens is 1. The third-order valence-electron chi connectivity index (χ3n) is 2.68. The van der Waals surface area contributed by atoms with Crippen LogP contribution in [-0.4, -0.2) is 20.0 Å². The Bertz CT molecular complexity index is 455. The lowest BCUT2D eigenvalue weighted by atomic mass is 10.2. The molecule has 1 heterocycles. The van der Waals surface area contributed by atoms with Gasteiger partial charge in [0.15, 0.2) is 0 Å².